The van der Waals surface area contributed by atoms with Crippen molar-refractivity contribution in [3.05, 3.63) is 58.9 Å². The van der Waals surface area contributed by atoms with E-state index in [1.54, 1.807) is 12.3 Å². The van der Waals surface area contributed by atoms with Crippen LogP contribution in [0.25, 0.3) is 0 Å². The van der Waals surface area contributed by atoms with E-state index in [9.17, 15) is 4.39 Å². The average Bonchev–Trinajstić information content (AvgIpc) is 2.59. The number of hydrogen-bond acceptors (Lipinski definition) is 3. The van der Waals surface area contributed by atoms with Crippen LogP contribution >= 0.6 is 23.8 Å². The summed E-state index contributed by atoms with van der Waals surface area (Å²) in [4.78, 5) is 2.20. The number of hydrogen-bond donors (Lipinski definition) is 2. The van der Waals surface area contributed by atoms with Gasteiger partial charge in [0.2, 0.25) is 0 Å². The van der Waals surface area contributed by atoms with Crippen molar-refractivity contribution < 1.29 is 4.39 Å². The van der Waals surface area contributed by atoms with Crippen molar-refractivity contribution in [2.75, 3.05) is 23.8 Å². The molecular formula is C18H20ClFN4S. The largest absolute Gasteiger partial charge is 0.375 e. The molecule has 7 heteroatoms. The summed E-state index contributed by atoms with van der Waals surface area (Å²) in [6.07, 6.45) is 2.78. The Morgan fingerprint density at radius 1 is 1.28 bits per heavy atom. The minimum Gasteiger partial charge on any atom is -0.375 e. The summed E-state index contributed by atoms with van der Waals surface area (Å²) in [5.41, 5.74) is 5.42. The lowest BCUT2D eigenvalue weighted by atomic mass is 10.2. The van der Waals surface area contributed by atoms with E-state index < -0.39 is 5.82 Å². The molecule has 0 radical (unpaired) electrons. The maximum atomic E-state index is 13.1. The van der Waals surface area contributed by atoms with Crippen LogP contribution in [-0.2, 0) is 0 Å². The van der Waals surface area contributed by atoms with Crippen LogP contribution in [-0.4, -0.2) is 24.9 Å². The van der Waals surface area contributed by atoms with Gasteiger partial charge in [-0.25, -0.2) is 4.39 Å². The normalized spacial score (nSPS) is 10.7. The van der Waals surface area contributed by atoms with Gasteiger partial charge < -0.3 is 10.2 Å². The smallest absolute Gasteiger partial charge is 0.191 e. The van der Waals surface area contributed by atoms with Crippen molar-refractivity contribution in [3.8, 4) is 0 Å². The van der Waals surface area contributed by atoms with E-state index in [-0.39, 0.29) is 5.02 Å². The minimum atomic E-state index is -0.475. The number of thiocarbonyl (C=S) groups is 1. The summed E-state index contributed by atoms with van der Waals surface area (Å²) in [6.45, 7) is 3.17. The number of nitrogens with one attached hydrogen (secondary N) is 2. The molecule has 0 fully saturated rings. The maximum Gasteiger partial charge on any atom is 0.191 e. The van der Waals surface area contributed by atoms with Crippen molar-refractivity contribution in [2.45, 2.75) is 13.3 Å². The molecule has 0 saturated heterocycles. The highest BCUT2D eigenvalue weighted by atomic mass is 35.5. The summed E-state index contributed by atoms with van der Waals surface area (Å²) in [7, 11) is 2.07. The summed E-state index contributed by atoms with van der Waals surface area (Å²) < 4.78 is 13.1. The number of hydrazone groups is 1. The van der Waals surface area contributed by atoms with Crippen molar-refractivity contribution in [1.82, 2.24) is 5.43 Å². The quantitative estimate of drug-likeness (QED) is 0.436. The lowest BCUT2D eigenvalue weighted by Crippen LogP contribution is -2.23. The molecule has 0 atom stereocenters. The Bertz CT molecular complexity index is 749. The van der Waals surface area contributed by atoms with Crippen LogP contribution in [0, 0.1) is 5.82 Å². The second kappa shape index (κ2) is 9.34. The molecule has 0 saturated carbocycles. The first-order valence-corrected chi connectivity index (χ1v) is 8.64. The van der Waals surface area contributed by atoms with E-state index in [0.717, 1.165) is 24.2 Å². The van der Waals surface area contributed by atoms with E-state index in [1.165, 1.54) is 12.1 Å². The second-order valence-corrected chi connectivity index (χ2v) is 6.28. The Kier molecular flexibility index (Phi) is 7.16. The number of anilines is 2. The highest BCUT2D eigenvalue weighted by Crippen LogP contribution is 2.19. The zero-order chi connectivity index (χ0) is 18.2. The Morgan fingerprint density at radius 2 is 2.00 bits per heavy atom. The first-order valence-electron chi connectivity index (χ1n) is 7.86. The standard InChI is InChI=1S/C18H20ClFN4S/c1-3-10-24(2)15-7-4-13(5-8-15)12-21-23-18(25)22-14-6-9-17(20)16(19)11-14/h4-9,11-12H,3,10H2,1-2H3,(H2,22,23,25). The third-order valence-electron chi connectivity index (χ3n) is 3.45. The molecule has 25 heavy (non-hydrogen) atoms. The third kappa shape index (κ3) is 5.99. The van der Waals surface area contributed by atoms with Crippen molar-refractivity contribution in [2.24, 2.45) is 5.10 Å². The van der Waals surface area contributed by atoms with E-state index in [0.29, 0.717) is 10.8 Å². The van der Waals surface area contributed by atoms with Crippen LogP contribution in [0.5, 0.6) is 0 Å². The van der Waals surface area contributed by atoms with Crippen LogP contribution in [0.4, 0.5) is 15.8 Å². The number of nitrogens with zero attached hydrogens (tertiary/aromatic N) is 2. The predicted molar refractivity (Wildman–Crippen MR) is 108 cm³/mol. The number of halogens is 2. The zero-order valence-corrected chi connectivity index (χ0v) is 15.7. The van der Waals surface area contributed by atoms with Gasteiger partial charge in [0.25, 0.3) is 0 Å². The molecule has 0 unspecified atom stereocenters. The van der Waals surface area contributed by atoms with Gasteiger partial charge in [0.1, 0.15) is 5.82 Å². The molecule has 0 bridgehead atoms. The van der Waals surface area contributed by atoms with Gasteiger partial charge >= 0.3 is 0 Å². The first kappa shape index (κ1) is 19.1. The van der Waals surface area contributed by atoms with Gasteiger partial charge in [-0.2, -0.15) is 5.10 Å². The van der Waals surface area contributed by atoms with Crippen LogP contribution in [0.2, 0.25) is 5.02 Å². The van der Waals surface area contributed by atoms with Gasteiger partial charge in [-0.05, 0) is 54.5 Å². The lowest BCUT2D eigenvalue weighted by molar-refractivity contribution is 0.628. The first-order chi connectivity index (χ1) is 12.0. The Balaban J connectivity index is 1.87. The average molecular weight is 379 g/mol. The van der Waals surface area contributed by atoms with Crippen molar-refractivity contribution in [3.63, 3.8) is 0 Å². The monoisotopic (exact) mass is 378 g/mol. The predicted octanol–water partition coefficient (Wildman–Crippen LogP) is 4.65. The second-order valence-electron chi connectivity index (χ2n) is 5.47. The molecule has 0 aliphatic rings. The van der Waals surface area contributed by atoms with Gasteiger partial charge in [-0.3, -0.25) is 5.43 Å². The van der Waals surface area contributed by atoms with E-state index >= 15 is 0 Å². The summed E-state index contributed by atoms with van der Waals surface area (Å²) in [5.74, 6) is -0.475. The van der Waals surface area contributed by atoms with Crippen LogP contribution in [0.15, 0.2) is 47.6 Å². The van der Waals surface area contributed by atoms with Crippen molar-refractivity contribution in [1.29, 1.82) is 0 Å². The van der Waals surface area contributed by atoms with Gasteiger partial charge in [0.05, 0.1) is 11.2 Å². The molecule has 0 heterocycles. The molecule has 2 aromatic rings. The van der Waals surface area contributed by atoms with Gasteiger partial charge in [0.15, 0.2) is 5.11 Å². The molecule has 0 aromatic heterocycles. The number of rotatable bonds is 6. The summed E-state index contributed by atoms with van der Waals surface area (Å²) in [5, 5.41) is 7.29. The van der Waals surface area contributed by atoms with E-state index in [2.05, 4.69) is 34.7 Å². The molecular weight excluding hydrogens is 359 g/mol. The SMILES string of the molecule is CCCN(C)c1ccc(C=NNC(=S)Nc2ccc(F)c(Cl)c2)cc1. The molecule has 4 nitrogen and oxygen atoms in total. The zero-order valence-electron chi connectivity index (χ0n) is 14.1. The molecule has 0 amide bonds. The van der Waals surface area contributed by atoms with Crippen LogP contribution < -0.4 is 15.6 Å². The topological polar surface area (TPSA) is 39.7 Å². The number of benzene rings is 2. The van der Waals surface area contributed by atoms with E-state index in [1.807, 2.05) is 24.3 Å². The highest BCUT2D eigenvalue weighted by Gasteiger charge is 2.02. The summed E-state index contributed by atoms with van der Waals surface area (Å²) >= 11 is 10.9. The third-order valence-corrected chi connectivity index (χ3v) is 3.93. The van der Waals surface area contributed by atoms with Gasteiger partial charge in [-0.15, -0.1) is 0 Å². The Morgan fingerprint density at radius 3 is 2.64 bits per heavy atom. The minimum absolute atomic E-state index is 0.0319. The van der Waals surface area contributed by atoms with Crippen molar-refractivity contribution >= 4 is 46.5 Å². The van der Waals surface area contributed by atoms with Crippen LogP contribution in [0.1, 0.15) is 18.9 Å². The molecule has 2 rings (SSSR count). The van der Waals surface area contributed by atoms with Gasteiger partial charge in [0, 0.05) is 25.0 Å². The van der Waals surface area contributed by atoms with Crippen LogP contribution in [0.3, 0.4) is 0 Å². The molecule has 0 aliphatic heterocycles. The Labute approximate surface area is 157 Å². The molecule has 2 N–H and O–H groups in total. The maximum absolute atomic E-state index is 13.1. The highest BCUT2D eigenvalue weighted by molar-refractivity contribution is 7.80. The molecule has 2 aromatic carbocycles. The lowest BCUT2D eigenvalue weighted by Gasteiger charge is -2.18. The fourth-order valence-electron chi connectivity index (χ4n) is 2.18. The molecule has 0 spiro atoms. The summed E-state index contributed by atoms with van der Waals surface area (Å²) in [6, 6.07) is 12.4. The molecule has 132 valence electrons. The van der Waals surface area contributed by atoms with Gasteiger partial charge in [-0.1, -0.05) is 30.7 Å². The Hall–Kier alpha value is -2.18. The fraction of sp³-hybridized carbons (Fsp3) is 0.222. The fourth-order valence-corrected chi connectivity index (χ4v) is 2.53. The molecule has 0 aliphatic carbocycles. The van der Waals surface area contributed by atoms with E-state index in [4.69, 9.17) is 23.8 Å².